The van der Waals surface area contributed by atoms with Crippen LogP contribution >= 0.6 is 23.2 Å². The van der Waals surface area contributed by atoms with Crippen LogP contribution in [0.1, 0.15) is 15.9 Å². The Morgan fingerprint density at radius 3 is 2.62 bits per heavy atom. The number of nitrogens with one attached hydrogen (secondary N) is 2. The van der Waals surface area contributed by atoms with Gasteiger partial charge in [-0.1, -0.05) is 29.3 Å². The van der Waals surface area contributed by atoms with Gasteiger partial charge in [0.2, 0.25) is 5.95 Å². The highest BCUT2D eigenvalue weighted by atomic mass is 35.5. The van der Waals surface area contributed by atoms with E-state index in [0.29, 0.717) is 45.1 Å². The van der Waals surface area contributed by atoms with Crippen molar-refractivity contribution in [2.45, 2.75) is 19.0 Å². The van der Waals surface area contributed by atoms with Crippen molar-refractivity contribution in [3.05, 3.63) is 63.8 Å². The topological polar surface area (TPSA) is 76.6 Å². The molecule has 2 fully saturated rings. The number of hydrogen-bond acceptors (Lipinski definition) is 7. The first-order valence-corrected chi connectivity index (χ1v) is 11.9. The van der Waals surface area contributed by atoms with Gasteiger partial charge >= 0.3 is 0 Å². The molecule has 10 heteroatoms. The van der Waals surface area contributed by atoms with Gasteiger partial charge in [0.1, 0.15) is 11.4 Å². The fourth-order valence-electron chi connectivity index (χ4n) is 4.86. The second-order valence-electron chi connectivity index (χ2n) is 8.93. The highest BCUT2D eigenvalue weighted by Gasteiger charge is 2.45. The second kappa shape index (κ2) is 8.01. The van der Waals surface area contributed by atoms with Gasteiger partial charge in [-0.15, -0.1) is 0 Å². The molecule has 34 heavy (non-hydrogen) atoms. The van der Waals surface area contributed by atoms with Gasteiger partial charge in [0, 0.05) is 43.8 Å². The van der Waals surface area contributed by atoms with Gasteiger partial charge in [0.25, 0.3) is 5.91 Å². The van der Waals surface area contributed by atoms with E-state index in [4.69, 9.17) is 23.2 Å². The Labute approximate surface area is 207 Å². The maximum absolute atomic E-state index is 13.2. The first-order chi connectivity index (χ1) is 16.4. The lowest BCUT2D eigenvalue weighted by Crippen LogP contribution is -2.78. The van der Waals surface area contributed by atoms with E-state index in [1.54, 1.807) is 29.3 Å². The summed E-state index contributed by atoms with van der Waals surface area (Å²) in [7, 11) is 1.87. The molecule has 3 aromatic rings. The Morgan fingerprint density at radius 2 is 1.97 bits per heavy atom. The summed E-state index contributed by atoms with van der Waals surface area (Å²) in [5.41, 5.74) is 4.25. The normalized spacial score (nSPS) is 20.9. The highest BCUT2D eigenvalue weighted by Crippen LogP contribution is 2.38. The Kier molecular flexibility index (Phi) is 5.05. The summed E-state index contributed by atoms with van der Waals surface area (Å²) in [6, 6.07) is 12.7. The average Bonchev–Trinajstić information content (AvgIpc) is 2.79. The molecule has 0 radical (unpaired) electrons. The number of fused-ring (bicyclic) bond motifs is 2. The number of halogens is 2. The number of benzene rings is 2. The number of carbonyl (C=O) groups is 1. The van der Waals surface area contributed by atoms with Gasteiger partial charge in [-0.3, -0.25) is 9.69 Å². The Hall–Kier alpha value is -3.07. The molecule has 1 amide bonds. The predicted octanol–water partition coefficient (Wildman–Crippen LogP) is 4.05. The van der Waals surface area contributed by atoms with Crippen molar-refractivity contribution in [1.29, 1.82) is 0 Å². The van der Waals surface area contributed by atoms with Crippen LogP contribution < -0.4 is 25.3 Å². The summed E-state index contributed by atoms with van der Waals surface area (Å²) in [5.74, 6) is 0.745. The number of para-hydroxylation sites is 1. The zero-order valence-electron chi connectivity index (χ0n) is 18.7. The van der Waals surface area contributed by atoms with Gasteiger partial charge in [-0.25, -0.2) is 4.98 Å². The molecule has 1 unspecified atom stereocenters. The maximum Gasteiger partial charge on any atom is 0.265 e. The third-order valence-corrected chi connectivity index (χ3v) is 7.39. The lowest BCUT2D eigenvalue weighted by Gasteiger charge is -2.57. The van der Waals surface area contributed by atoms with Crippen LogP contribution in [0.2, 0.25) is 10.0 Å². The summed E-state index contributed by atoms with van der Waals surface area (Å²) >= 11 is 12.7. The van der Waals surface area contributed by atoms with Crippen molar-refractivity contribution >= 4 is 57.9 Å². The number of aryl methyl sites for hydroxylation is 1. The third-order valence-electron chi connectivity index (χ3n) is 6.78. The zero-order chi connectivity index (χ0) is 23.6. The molecule has 3 aliphatic rings. The number of carbonyl (C=O) groups excluding carboxylic acids is 1. The van der Waals surface area contributed by atoms with E-state index < -0.39 is 0 Å². The van der Waals surface area contributed by atoms with Crippen molar-refractivity contribution in [2.75, 3.05) is 46.8 Å². The Balaban J connectivity index is 1.24. The molecule has 2 atom stereocenters. The minimum atomic E-state index is -0.242. The number of amides is 1. The van der Waals surface area contributed by atoms with Crippen LogP contribution in [0.4, 0.5) is 28.8 Å². The van der Waals surface area contributed by atoms with E-state index in [9.17, 15) is 4.79 Å². The van der Waals surface area contributed by atoms with E-state index in [0.717, 1.165) is 18.8 Å². The molecule has 0 spiro atoms. The van der Waals surface area contributed by atoms with E-state index in [2.05, 4.69) is 44.6 Å². The predicted molar refractivity (Wildman–Crippen MR) is 136 cm³/mol. The molecule has 1 aromatic heterocycles. The molecule has 0 bridgehead atoms. The van der Waals surface area contributed by atoms with Crippen molar-refractivity contribution < 1.29 is 4.79 Å². The number of nitrogens with zero attached hydrogens (tertiary/aromatic N) is 5. The second-order valence-corrected chi connectivity index (χ2v) is 9.75. The summed E-state index contributed by atoms with van der Waals surface area (Å²) in [4.78, 5) is 28.2. The molecule has 2 saturated heterocycles. The third kappa shape index (κ3) is 3.36. The van der Waals surface area contributed by atoms with E-state index in [-0.39, 0.29) is 12.6 Å². The van der Waals surface area contributed by atoms with Gasteiger partial charge < -0.3 is 20.4 Å². The molecule has 174 valence electrons. The number of aromatic nitrogens is 2. The standard InChI is InChI=1S/C24H23Cl2N7O/c1-13-8-14(6-7-19(13)32-11-18-20(32)10-27-18)29-24-28-9-15-22(30-24)31(2)12-33(23(15)34)21-16(25)4-3-5-17(21)26/h3-9,18,20,27H,10-12H2,1-2H3,(H,28,29,30)/t18-,20?/m0/s1. The molecular formula is C24H23Cl2N7O. The van der Waals surface area contributed by atoms with Crippen molar-refractivity contribution in [2.24, 2.45) is 0 Å². The van der Waals surface area contributed by atoms with E-state index in [1.165, 1.54) is 11.3 Å². The molecule has 0 aliphatic carbocycles. The average molecular weight is 496 g/mol. The molecule has 0 saturated carbocycles. The van der Waals surface area contributed by atoms with Crippen molar-refractivity contribution in [3.8, 4) is 0 Å². The first kappa shape index (κ1) is 21.5. The Bertz CT molecular complexity index is 1300. The first-order valence-electron chi connectivity index (χ1n) is 11.1. The molecule has 2 N–H and O–H groups in total. The maximum atomic E-state index is 13.2. The highest BCUT2D eigenvalue weighted by molar-refractivity contribution is 6.40. The van der Waals surface area contributed by atoms with Gasteiger partial charge in [0.05, 0.1) is 28.4 Å². The van der Waals surface area contributed by atoms with E-state index in [1.807, 2.05) is 18.0 Å². The summed E-state index contributed by atoms with van der Waals surface area (Å²) in [6.45, 7) is 4.50. The van der Waals surface area contributed by atoms with Crippen LogP contribution in [0.3, 0.4) is 0 Å². The minimum absolute atomic E-state index is 0.242. The SMILES string of the molecule is Cc1cc(Nc2ncc3c(n2)N(C)CN(c2c(Cl)cccc2Cl)C3=O)ccc1N1C[C@@H]2NCC21. The molecule has 8 nitrogen and oxygen atoms in total. The fraction of sp³-hybridized carbons (Fsp3) is 0.292. The lowest BCUT2D eigenvalue weighted by atomic mass is 9.87. The van der Waals surface area contributed by atoms with Gasteiger partial charge in [0.15, 0.2) is 0 Å². The fourth-order valence-corrected chi connectivity index (χ4v) is 5.46. The largest absolute Gasteiger partial charge is 0.364 e. The number of rotatable bonds is 4. The number of anilines is 5. The van der Waals surface area contributed by atoms with Crippen LogP contribution in [0, 0.1) is 6.92 Å². The quantitative estimate of drug-likeness (QED) is 0.565. The zero-order valence-corrected chi connectivity index (χ0v) is 20.2. The Morgan fingerprint density at radius 1 is 1.18 bits per heavy atom. The summed E-state index contributed by atoms with van der Waals surface area (Å²) in [6.07, 6.45) is 1.55. The summed E-state index contributed by atoms with van der Waals surface area (Å²) in [5, 5.41) is 7.55. The molecule has 4 heterocycles. The molecule has 2 aromatic carbocycles. The van der Waals surface area contributed by atoms with Crippen LogP contribution in [0.5, 0.6) is 0 Å². The molecular weight excluding hydrogens is 473 g/mol. The van der Waals surface area contributed by atoms with Crippen molar-refractivity contribution in [3.63, 3.8) is 0 Å². The van der Waals surface area contributed by atoms with Crippen LogP contribution in [-0.2, 0) is 0 Å². The minimum Gasteiger partial charge on any atom is -0.364 e. The van der Waals surface area contributed by atoms with E-state index >= 15 is 0 Å². The van der Waals surface area contributed by atoms with Crippen LogP contribution in [0.25, 0.3) is 0 Å². The molecule has 3 aliphatic heterocycles. The smallest absolute Gasteiger partial charge is 0.265 e. The summed E-state index contributed by atoms with van der Waals surface area (Å²) < 4.78 is 0. The monoisotopic (exact) mass is 495 g/mol. The molecule has 6 rings (SSSR count). The van der Waals surface area contributed by atoms with Gasteiger partial charge in [-0.2, -0.15) is 4.98 Å². The van der Waals surface area contributed by atoms with Crippen molar-refractivity contribution in [1.82, 2.24) is 15.3 Å². The number of hydrogen-bond donors (Lipinski definition) is 2. The lowest BCUT2D eigenvalue weighted by molar-refractivity contribution is 0.0982. The van der Waals surface area contributed by atoms with Crippen LogP contribution in [-0.4, -0.2) is 54.8 Å². The van der Waals surface area contributed by atoms with Crippen LogP contribution in [0.15, 0.2) is 42.6 Å². The number of piperazine rings is 1. The van der Waals surface area contributed by atoms with Gasteiger partial charge in [-0.05, 0) is 42.8 Å².